The Kier molecular flexibility index (Phi) is 3.57. The molecule has 3 aromatic rings. The first kappa shape index (κ1) is 14.0. The van der Waals surface area contributed by atoms with Gasteiger partial charge in [-0.25, -0.2) is 4.98 Å². The maximum Gasteiger partial charge on any atom is 0.260 e. The molecule has 2 aromatic heterocycles. The van der Waals surface area contributed by atoms with Gasteiger partial charge in [0.25, 0.3) is 5.56 Å². The Hall–Kier alpha value is -2.63. The summed E-state index contributed by atoms with van der Waals surface area (Å²) in [5, 5.41) is 8.38. The van der Waals surface area contributed by atoms with Crippen molar-refractivity contribution in [3.8, 4) is 0 Å². The molecule has 1 aliphatic rings. The minimum atomic E-state index is -0.130. The van der Waals surface area contributed by atoms with Crippen LogP contribution in [0, 0.1) is 0 Å². The van der Waals surface area contributed by atoms with Crippen LogP contribution in [-0.4, -0.2) is 19.7 Å². The first-order chi connectivity index (χ1) is 11.3. The number of aromatic nitrogens is 4. The molecule has 23 heavy (non-hydrogen) atoms. The summed E-state index contributed by atoms with van der Waals surface area (Å²) in [5.41, 5.74) is 1.51. The van der Waals surface area contributed by atoms with Crippen molar-refractivity contribution in [2.45, 2.75) is 38.3 Å². The second-order valence-corrected chi connectivity index (χ2v) is 6.01. The molecule has 0 spiro atoms. The third-order valence-corrected chi connectivity index (χ3v) is 4.41. The highest BCUT2D eigenvalue weighted by atomic mass is 16.1. The first-order valence-corrected chi connectivity index (χ1v) is 8.06. The van der Waals surface area contributed by atoms with Crippen LogP contribution < -0.4 is 10.9 Å². The van der Waals surface area contributed by atoms with E-state index in [4.69, 9.17) is 0 Å². The number of rotatable bonds is 4. The van der Waals surface area contributed by atoms with E-state index in [-0.39, 0.29) is 5.56 Å². The normalized spacial score (nSPS) is 15.3. The van der Waals surface area contributed by atoms with Gasteiger partial charge in [0.15, 0.2) is 0 Å². The Labute approximate surface area is 133 Å². The van der Waals surface area contributed by atoms with Crippen LogP contribution in [0.15, 0.2) is 41.3 Å². The van der Waals surface area contributed by atoms with Gasteiger partial charge in [-0.3, -0.25) is 14.5 Å². The van der Waals surface area contributed by atoms with E-state index in [1.165, 1.54) is 25.7 Å². The average Bonchev–Trinajstić information content (AvgIpc) is 3.24. The van der Waals surface area contributed by atoms with Gasteiger partial charge in [-0.1, -0.05) is 25.0 Å². The largest absolute Gasteiger partial charge is 0.350 e. The smallest absolute Gasteiger partial charge is 0.260 e. The molecule has 0 atom stereocenters. The number of anilines is 1. The molecule has 0 unspecified atom stereocenters. The molecular formula is C17H19N5O. The number of benzene rings is 1. The second kappa shape index (κ2) is 5.87. The fraction of sp³-hybridized carbons (Fsp3) is 0.353. The monoisotopic (exact) mass is 309 g/mol. The summed E-state index contributed by atoms with van der Waals surface area (Å²) < 4.78 is 2.07. The summed E-state index contributed by atoms with van der Waals surface area (Å²) in [7, 11) is 0. The van der Waals surface area contributed by atoms with E-state index in [0.29, 0.717) is 29.4 Å². The minimum Gasteiger partial charge on any atom is -0.350 e. The van der Waals surface area contributed by atoms with Gasteiger partial charge in [0, 0.05) is 6.20 Å². The predicted molar refractivity (Wildman–Crippen MR) is 89.4 cm³/mol. The van der Waals surface area contributed by atoms with Crippen molar-refractivity contribution in [1.82, 2.24) is 19.7 Å². The molecule has 1 fully saturated rings. The SMILES string of the molecule is O=c1[nH]c(NCc2ccn(C3CCCC3)n2)nc2ccccc12. The van der Waals surface area contributed by atoms with Crippen LogP contribution in [-0.2, 0) is 6.54 Å². The van der Waals surface area contributed by atoms with Gasteiger partial charge in [0.2, 0.25) is 5.95 Å². The molecule has 6 nitrogen and oxygen atoms in total. The third-order valence-electron chi connectivity index (χ3n) is 4.41. The lowest BCUT2D eigenvalue weighted by molar-refractivity contribution is 0.463. The van der Waals surface area contributed by atoms with E-state index in [1.54, 1.807) is 6.07 Å². The molecule has 6 heteroatoms. The molecule has 1 aliphatic carbocycles. The zero-order valence-corrected chi connectivity index (χ0v) is 12.8. The number of fused-ring (bicyclic) bond motifs is 1. The lowest BCUT2D eigenvalue weighted by Gasteiger charge is -2.09. The van der Waals surface area contributed by atoms with Crippen molar-refractivity contribution >= 4 is 16.9 Å². The van der Waals surface area contributed by atoms with Crippen molar-refractivity contribution in [2.75, 3.05) is 5.32 Å². The highest BCUT2D eigenvalue weighted by Gasteiger charge is 2.17. The fourth-order valence-corrected chi connectivity index (χ4v) is 3.19. The van der Waals surface area contributed by atoms with Crippen LogP contribution in [0.3, 0.4) is 0 Å². The van der Waals surface area contributed by atoms with Gasteiger partial charge < -0.3 is 5.32 Å². The zero-order chi connectivity index (χ0) is 15.6. The number of nitrogens with zero attached hydrogens (tertiary/aromatic N) is 3. The molecule has 2 heterocycles. The quantitative estimate of drug-likeness (QED) is 0.777. The molecule has 118 valence electrons. The predicted octanol–water partition coefficient (Wildman–Crippen LogP) is 2.85. The maximum atomic E-state index is 12.0. The van der Waals surface area contributed by atoms with Crippen LogP contribution in [0.1, 0.15) is 37.4 Å². The van der Waals surface area contributed by atoms with Crippen molar-refractivity contribution in [3.63, 3.8) is 0 Å². The van der Waals surface area contributed by atoms with E-state index in [1.807, 2.05) is 30.5 Å². The summed E-state index contributed by atoms with van der Waals surface area (Å²) in [6.07, 6.45) is 7.06. The van der Waals surface area contributed by atoms with Crippen molar-refractivity contribution in [3.05, 3.63) is 52.6 Å². The number of para-hydroxylation sites is 1. The highest BCUT2D eigenvalue weighted by Crippen LogP contribution is 2.28. The van der Waals surface area contributed by atoms with Crippen LogP contribution >= 0.6 is 0 Å². The molecule has 0 saturated heterocycles. The molecule has 1 aromatic carbocycles. The van der Waals surface area contributed by atoms with Gasteiger partial charge in [-0.05, 0) is 31.0 Å². The van der Waals surface area contributed by atoms with E-state index in [9.17, 15) is 4.79 Å². The standard InChI is InChI=1S/C17H19N5O/c23-16-14-7-3-4-8-15(14)19-17(20-16)18-11-12-9-10-22(21-12)13-5-1-2-6-13/h3-4,7-10,13H,1-2,5-6,11H2,(H2,18,19,20,23). The summed E-state index contributed by atoms with van der Waals surface area (Å²) in [5.74, 6) is 0.476. The summed E-state index contributed by atoms with van der Waals surface area (Å²) in [4.78, 5) is 19.2. The second-order valence-electron chi connectivity index (χ2n) is 6.01. The molecule has 0 amide bonds. The number of nitrogens with one attached hydrogen (secondary N) is 2. The minimum absolute atomic E-state index is 0.130. The lowest BCUT2D eigenvalue weighted by atomic mass is 10.2. The highest BCUT2D eigenvalue weighted by molar-refractivity contribution is 5.78. The average molecular weight is 309 g/mol. The third kappa shape index (κ3) is 2.84. The Morgan fingerprint density at radius 1 is 1.22 bits per heavy atom. The Morgan fingerprint density at radius 3 is 2.91 bits per heavy atom. The van der Waals surface area contributed by atoms with Crippen molar-refractivity contribution < 1.29 is 0 Å². The number of aromatic amines is 1. The number of H-pyrrole nitrogens is 1. The van der Waals surface area contributed by atoms with Gasteiger partial charge >= 0.3 is 0 Å². The van der Waals surface area contributed by atoms with E-state index >= 15 is 0 Å². The van der Waals surface area contributed by atoms with E-state index in [2.05, 4.69) is 25.1 Å². The Morgan fingerprint density at radius 2 is 2.04 bits per heavy atom. The van der Waals surface area contributed by atoms with Crippen LogP contribution in [0.25, 0.3) is 10.9 Å². The van der Waals surface area contributed by atoms with E-state index in [0.717, 1.165) is 5.69 Å². The van der Waals surface area contributed by atoms with Gasteiger partial charge in [0.05, 0.1) is 29.2 Å². The lowest BCUT2D eigenvalue weighted by Crippen LogP contribution is -2.13. The molecule has 0 radical (unpaired) electrons. The van der Waals surface area contributed by atoms with Crippen LogP contribution in [0.2, 0.25) is 0 Å². The number of hydrogen-bond donors (Lipinski definition) is 2. The number of hydrogen-bond acceptors (Lipinski definition) is 4. The van der Waals surface area contributed by atoms with Gasteiger partial charge in [-0.15, -0.1) is 0 Å². The maximum absolute atomic E-state index is 12.0. The van der Waals surface area contributed by atoms with Crippen molar-refractivity contribution in [2.24, 2.45) is 0 Å². The fourth-order valence-electron chi connectivity index (χ4n) is 3.19. The zero-order valence-electron chi connectivity index (χ0n) is 12.8. The van der Waals surface area contributed by atoms with Crippen LogP contribution in [0.4, 0.5) is 5.95 Å². The first-order valence-electron chi connectivity index (χ1n) is 8.06. The summed E-state index contributed by atoms with van der Waals surface area (Å²) in [6, 6.07) is 9.88. The molecule has 4 rings (SSSR count). The molecule has 2 N–H and O–H groups in total. The molecular weight excluding hydrogens is 290 g/mol. The molecule has 0 bridgehead atoms. The summed E-state index contributed by atoms with van der Waals surface area (Å²) >= 11 is 0. The topological polar surface area (TPSA) is 75.6 Å². The van der Waals surface area contributed by atoms with E-state index < -0.39 is 0 Å². The molecule has 0 aliphatic heterocycles. The van der Waals surface area contributed by atoms with Crippen LogP contribution in [0.5, 0.6) is 0 Å². The molecule has 1 saturated carbocycles. The van der Waals surface area contributed by atoms with Gasteiger partial charge in [-0.2, -0.15) is 5.10 Å². The summed E-state index contributed by atoms with van der Waals surface area (Å²) in [6.45, 7) is 0.543. The Balaban J connectivity index is 1.49. The van der Waals surface area contributed by atoms with Gasteiger partial charge in [0.1, 0.15) is 0 Å². The van der Waals surface area contributed by atoms with Crippen molar-refractivity contribution in [1.29, 1.82) is 0 Å². The Bertz CT molecular complexity index is 876.